The second-order valence-corrected chi connectivity index (χ2v) is 9.31. The van der Waals surface area contributed by atoms with Crippen LogP contribution in [0.15, 0.2) is 46.8 Å². The van der Waals surface area contributed by atoms with Crippen LogP contribution in [-0.2, 0) is 10.0 Å². The van der Waals surface area contributed by atoms with Gasteiger partial charge in [0.1, 0.15) is 10.0 Å². The summed E-state index contributed by atoms with van der Waals surface area (Å²) in [6, 6.07) is 10.9. The van der Waals surface area contributed by atoms with Crippen molar-refractivity contribution in [1.29, 1.82) is 0 Å². The van der Waals surface area contributed by atoms with Gasteiger partial charge < -0.3 is 10.2 Å². The maximum Gasteiger partial charge on any atom is 0.271 e. The van der Waals surface area contributed by atoms with E-state index in [1.54, 1.807) is 24.4 Å². The predicted molar refractivity (Wildman–Crippen MR) is 107 cm³/mol. The van der Waals surface area contributed by atoms with Gasteiger partial charge in [0.2, 0.25) is 0 Å². The molecule has 136 valence electrons. The SMILES string of the molecule is Cc1ccc(NS(=O)(=O)c2cc3c(N4CCNCC4)nccc3s2)cc1. The fourth-order valence-corrected chi connectivity index (χ4v) is 5.45. The highest BCUT2D eigenvalue weighted by Gasteiger charge is 2.21. The molecule has 6 nitrogen and oxygen atoms in total. The van der Waals surface area contributed by atoms with Crippen LogP contribution in [0.5, 0.6) is 0 Å². The van der Waals surface area contributed by atoms with Gasteiger partial charge in [-0.15, -0.1) is 11.3 Å². The summed E-state index contributed by atoms with van der Waals surface area (Å²) < 4.78 is 29.5. The topological polar surface area (TPSA) is 74.3 Å². The molecule has 0 saturated carbocycles. The molecule has 0 unspecified atom stereocenters. The van der Waals surface area contributed by atoms with Gasteiger partial charge in [-0.3, -0.25) is 4.72 Å². The Bertz CT molecular complexity index is 1020. The number of anilines is 2. The highest BCUT2D eigenvalue weighted by molar-refractivity contribution is 7.94. The van der Waals surface area contributed by atoms with Gasteiger partial charge in [-0.2, -0.15) is 0 Å². The third-order valence-electron chi connectivity index (χ3n) is 4.39. The van der Waals surface area contributed by atoms with Crippen LogP contribution in [-0.4, -0.2) is 39.6 Å². The quantitative estimate of drug-likeness (QED) is 0.719. The normalized spacial score (nSPS) is 15.3. The molecule has 3 heterocycles. The van der Waals surface area contributed by atoms with Gasteiger partial charge in [0, 0.05) is 48.1 Å². The predicted octanol–water partition coefficient (Wildman–Crippen LogP) is 2.82. The fourth-order valence-electron chi connectivity index (χ4n) is 3.01. The van der Waals surface area contributed by atoms with Crippen molar-refractivity contribution in [3.8, 4) is 0 Å². The molecule has 1 aromatic carbocycles. The van der Waals surface area contributed by atoms with Crippen molar-refractivity contribution in [3.63, 3.8) is 0 Å². The van der Waals surface area contributed by atoms with Crippen LogP contribution in [0.3, 0.4) is 0 Å². The molecule has 0 aliphatic carbocycles. The van der Waals surface area contributed by atoms with E-state index < -0.39 is 10.0 Å². The lowest BCUT2D eigenvalue weighted by Crippen LogP contribution is -2.43. The first kappa shape index (κ1) is 17.3. The highest BCUT2D eigenvalue weighted by atomic mass is 32.2. The minimum absolute atomic E-state index is 0.303. The largest absolute Gasteiger partial charge is 0.354 e. The second-order valence-electron chi connectivity index (χ2n) is 6.32. The maximum atomic E-state index is 12.8. The van der Waals surface area contributed by atoms with Crippen molar-refractivity contribution in [2.75, 3.05) is 35.8 Å². The Hall–Kier alpha value is -2.16. The Morgan fingerprint density at radius 1 is 1.15 bits per heavy atom. The number of thiophene rings is 1. The van der Waals surface area contributed by atoms with Gasteiger partial charge in [0.25, 0.3) is 10.0 Å². The highest BCUT2D eigenvalue weighted by Crippen LogP contribution is 2.35. The lowest BCUT2D eigenvalue weighted by atomic mass is 10.2. The summed E-state index contributed by atoms with van der Waals surface area (Å²) >= 11 is 1.27. The minimum atomic E-state index is -3.63. The summed E-state index contributed by atoms with van der Waals surface area (Å²) in [5.74, 6) is 0.858. The van der Waals surface area contributed by atoms with Crippen LogP contribution in [0.1, 0.15) is 5.56 Å². The lowest BCUT2D eigenvalue weighted by molar-refractivity contribution is 0.586. The molecule has 0 spiro atoms. The van der Waals surface area contributed by atoms with Gasteiger partial charge >= 0.3 is 0 Å². The number of hydrogen-bond donors (Lipinski definition) is 2. The number of aryl methyl sites for hydroxylation is 1. The minimum Gasteiger partial charge on any atom is -0.354 e. The number of fused-ring (bicyclic) bond motifs is 1. The summed E-state index contributed by atoms with van der Waals surface area (Å²) in [6.07, 6.45) is 1.75. The summed E-state index contributed by atoms with van der Waals surface area (Å²) in [6.45, 7) is 5.51. The molecule has 3 aromatic rings. The zero-order chi connectivity index (χ0) is 18.1. The van der Waals surface area contributed by atoms with Gasteiger partial charge in [-0.05, 0) is 31.2 Å². The molecule has 0 atom stereocenters. The van der Waals surface area contributed by atoms with Gasteiger partial charge in [-0.25, -0.2) is 13.4 Å². The van der Waals surface area contributed by atoms with Crippen molar-refractivity contribution in [3.05, 3.63) is 48.2 Å². The molecule has 1 aliphatic heterocycles. The molecular weight excluding hydrogens is 368 g/mol. The van der Waals surface area contributed by atoms with E-state index in [2.05, 4.69) is 19.9 Å². The van der Waals surface area contributed by atoms with Crippen molar-refractivity contribution >= 4 is 43.0 Å². The molecule has 2 aromatic heterocycles. The van der Waals surface area contributed by atoms with Crippen LogP contribution in [0.25, 0.3) is 10.1 Å². The first-order valence-electron chi connectivity index (χ1n) is 8.47. The zero-order valence-corrected chi connectivity index (χ0v) is 16.0. The van der Waals surface area contributed by atoms with Gasteiger partial charge in [0.05, 0.1) is 0 Å². The molecule has 1 aliphatic rings. The van der Waals surface area contributed by atoms with Crippen molar-refractivity contribution in [1.82, 2.24) is 10.3 Å². The first-order valence-corrected chi connectivity index (χ1v) is 10.8. The Balaban J connectivity index is 1.69. The average Bonchev–Trinajstić information content (AvgIpc) is 3.09. The van der Waals surface area contributed by atoms with Crippen molar-refractivity contribution in [2.45, 2.75) is 11.1 Å². The second kappa shape index (κ2) is 6.86. The monoisotopic (exact) mass is 388 g/mol. The Labute approximate surface area is 156 Å². The molecule has 1 saturated heterocycles. The van der Waals surface area contributed by atoms with E-state index >= 15 is 0 Å². The number of piperazine rings is 1. The van der Waals surface area contributed by atoms with Crippen molar-refractivity contribution < 1.29 is 8.42 Å². The van der Waals surface area contributed by atoms with E-state index in [0.717, 1.165) is 47.6 Å². The molecule has 4 rings (SSSR count). The number of pyridine rings is 1. The molecule has 0 bridgehead atoms. The van der Waals surface area contributed by atoms with E-state index in [0.29, 0.717) is 9.90 Å². The average molecular weight is 389 g/mol. The number of rotatable bonds is 4. The molecule has 0 radical (unpaired) electrons. The van der Waals surface area contributed by atoms with Crippen LogP contribution in [0, 0.1) is 6.92 Å². The summed E-state index contributed by atoms with van der Waals surface area (Å²) in [5.41, 5.74) is 1.65. The number of nitrogens with zero attached hydrogens (tertiary/aromatic N) is 2. The van der Waals surface area contributed by atoms with Crippen LogP contribution in [0.4, 0.5) is 11.5 Å². The maximum absolute atomic E-state index is 12.8. The number of hydrogen-bond acceptors (Lipinski definition) is 6. The summed E-state index contributed by atoms with van der Waals surface area (Å²) in [5, 5.41) is 4.21. The standard InChI is InChI=1S/C18H20N4O2S2/c1-13-2-4-14(5-3-13)21-26(23,24)17-12-15-16(25-17)6-7-20-18(15)22-10-8-19-9-11-22/h2-7,12,19,21H,8-11H2,1H3. The summed E-state index contributed by atoms with van der Waals surface area (Å²) in [4.78, 5) is 6.71. The first-order chi connectivity index (χ1) is 12.5. The zero-order valence-electron chi connectivity index (χ0n) is 14.4. The number of benzene rings is 1. The Morgan fingerprint density at radius 3 is 2.62 bits per heavy atom. The van der Waals surface area contributed by atoms with E-state index in [-0.39, 0.29) is 0 Å². The van der Waals surface area contributed by atoms with E-state index in [1.807, 2.05) is 25.1 Å². The molecule has 26 heavy (non-hydrogen) atoms. The lowest BCUT2D eigenvalue weighted by Gasteiger charge is -2.28. The smallest absolute Gasteiger partial charge is 0.271 e. The summed E-state index contributed by atoms with van der Waals surface area (Å²) in [7, 11) is -3.63. The van der Waals surface area contributed by atoms with Gasteiger partial charge in [0.15, 0.2) is 0 Å². The third kappa shape index (κ3) is 3.40. The Kier molecular flexibility index (Phi) is 4.56. The number of aromatic nitrogens is 1. The van der Waals surface area contributed by atoms with Gasteiger partial charge in [-0.1, -0.05) is 17.7 Å². The number of nitrogens with one attached hydrogen (secondary N) is 2. The molecule has 2 N–H and O–H groups in total. The van der Waals surface area contributed by atoms with Crippen LogP contribution < -0.4 is 14.9 Å². The van der Waals surface area contributed by atoms with E-state index in [9.17, 15) is 8.42 Å². The number of sulfonamides is 1. The Morgan fingerprint density at radius 2 is 1.88 bits per heavy atom. The third-order valence-corrected chi connectivity index (χ3v) is 7.34. The fraction of sp³-hybridized carbons (Fsp3) is 0.278. The van der Waals surface area contributed by atoms with E-state index in [1.165, 1.54) is 11.3 Å². The molecular formula is C18H20N4O2S2. The molecule has 0 amide bonds. The van der Waals surface area contributed by atoms with Crippen LogP contribution in [0.2, 0.25) is 0 Å². The molecule has 1 fully saturated rings. The van der Waals surface area contributed by atoms with E-state index in [4.69, 9.17) is 0 Å². The van der Waals surface area contributed by atoms with Crippen LogP contribution >= 0.6 is 11.3 Å². The van der Waals surface area contributed by atoms with Crippen molar-refractivity contribution in [2.24, 2.45) is 0 Å². The molecule has 8 heteroatoms.